The molecule has 0 aliphatic rings. The van der Waals surface area contributed by atoms with Gasteiger partial charge in [-0.25, -0.2) is 0 Å². The second-order valence-electron chi connectivity index (χ2n) is 3.02. The molecule has 1 aromatic heterocycles. The van der Waals surface area contributed by atoms with Crippen LogP contribution in [0.3, 0.4) is 0 Å². The fourth-order valence-corrected chi connectivity index (χ4v) is 1.80. The van der Waals surface area contributed by atoms with Crippen LogP contribution in [0, 0.1) is 6.92 Å². The van der Waals surface area contributed by atoms with Crippen LogP contribution < -0.4 is 0 Å². The van der Waals surface area contributed by atoms with Crippen molar-refractivity contribution in [2.24, 2.45) is 0 Å². The van der Waals surface area contributed by atoms with Crippen molar-refractivity contribution in [2.45, 2.75) is 6.92 Å². The van der Waals surface area contributed by atoms with Crippen LogP contribution in [0.25, 0.3) is 11.4 Å². The summed E-state index contributed by atoms with van der Waals surface area (Å²) in [5.41, 5.74) is 0.679. The van der Waals surface area contributed by atoms with Gasteiger partial charge in [-0.2, -0.15) is 0 Å². The average molecular weight is 320 g/mol. The van der Waals surface area contributed by atoms with E-state index in [1.807, 2.05) is 0 Å². The van der Waals surface area contributed by atoms with Gasteiger partial charge < -0.3 is 0 Å². The van der Waals surface area contributed by atoms with Crippen LogP contribution in [0.2, 0.25) is 10.0 Å². The Balaban J connectivity index is 2.52. The number of rotatable bonds is 1. The topological polar surface area (TPSA) is 51.6 Å². The summed E-state index contributed by atoms with van der Waals surface area (Å²) in [6.07, 6.45) is 0. The van der Waals surface area contributed by atoms with Crippen molar-refractivity contribution in [1.82, 2.24) is 20.4 Å². The average Bonchev–Trinajstić information content (AvgIpc) is 2.26. The third kappa shape index (κ3) is 2.31. The van der Waals surface area contributed by atoms with Crippen LogP contribution >= 0.6 is 39.1 Å². The molecule has 0 aliphatic heterocycles. The SMILES string of the molecule is Cc1nnc(-c2cc(Cl)c(Br)c(Cl)c2)nn1. The molecule has 0 saturated carbocycles. The number of aryl methyl sites for hydroxylation is 1. The lowest BCUT2D eigenvalue weighted by Gasteiger charge is -2.03. The highest BCUT2D eigenvalue weighted by atomic mass is 79.9. The minimum atomic E-state index is 0.391. The van der Waals surface area contributed by atoms with Crippen LogP contribution in [-0.2, 0) is 0 Å². The molecule has 82 valence electrons. The van der Waals surface area contributed by atoms with Gasteiger partial charge in [0, 0.05) is 5.56 Å². The molecular formula is C9H5BrCl2N4. The molecule has 0 N–H and O–H groups in total. The zero-order chi connectivity index (χ0) is 11.7. The molecule has 0 amide bonds. The van der Waals surface area contributed by atoms with Gasteiger partial charge in [0.15, 0.2) is 5.82 Å². The molecule has 1 aromatic carbocycles. The summed E-state index contributed by atoms with van der Waals surface area (Å²) < 4.78 is 0.646. The first-order chi connectivity index (χ1) is 7.58. The van der Waals surface area contributed by atoms with E-state index < -0.39 is 0 Å². The molecule has 4 nitrogen and oxygen atoms in total. The van der Waals surface area contributed by atoms with Gasteiger partial charge >= 0.3 is 0 Å². The molecule has 0 saturated heterocycles. The van der Waals surface area contributed by atoms with Crippen LogP contribution in [0.15, 0.2) is 16.6 Å². The Hall–Kier alpha value is -0.780. The number of hydrogen-bond acceptors (Lipinski definition) is 4. The van der Waals surface area contributed by atoms with Gasteiger partial charge in [-0.3, -0.25) is 0 Å². The minimum absolute atomic E-state index is 0.391. The van der Waals surface area contributed by atoms with Crippen molar-refractivity contribution in [2.75, 3.05) is 0 Å². The van der Waals surface area contributed by atoms with Crippen LogP contribution in [0.4, 0.5) is 0 Å². The second kappa shape index (κ2) is 4.61. The molecule has 2 aromatic rings. The van der Waals surface area contributed by atoms with Crippen molar-refractivity contribution in [3.8, 4) is 11.4 Å². The number of nitrogens with zero attached hydrogens (tertiary/aromatic N) is 4. The molecule has 0 radical (unpaired) electrons. The minimum Gasteiger partial charge on any atom is -0.131 e. The maximum absolute atomic E-state index is 5.97. The smallest absolute Gasteiger partial charge is 0.131 e. The fraction of sp³-hybridized carbons (Fsp3) is 0.111. The number of aromatic nitrogens is 4. The van der Waals surface area contributed by atoms with Gasteiger partial charge in [0.1, 0.15) is 0 Å². The molecule has 0 atom stereocenters. The second-order valence-corrected chi connectivity index (χ2v) is 4.63. The molecule has 2 rings (SSSR count). The molecular weight excluding hydrogens is 315 g/mol. The van der Waals surface area contributed by atoms with Crippen molar-refractivity contribution in [1.29, 1.82) is 0 Å². The Morgan fingerprint density at radius 2 is 1.50 bits per heavy atom. The summed E-state index contributed by atoms with van der Waals surface area (Å²) in [7, 11) is 0. The van der Waals surface area contributed by atoms with Gasteiger partial charge in [-0.1, -0.05) is 23.2 Å². The number of halogens is 3. The highest BCUT2D eigenvalue weighted by Gasteiger charge is 2.09. The monoisotopic (exact) mass is 318 g/mol. The van der Waals surface area contributed by atoms with E-state index in [1.165, 1.54) is 0 Å². The Morgan fingerprint density at radius 3 is 2.00 bits per heavy atom. The standard InChI is InChI=1S/C9H5BrCl2N4/c1-4-13-15-9(16-14-4)5-2-6(11)8(10)7(12)3-5/h2-3H,1H3. The van der Waals surface area contributed by atoms with E-state index in [4.69, 9.17) is 23.2 Å². The van der Waals surface area contributed by atoms with Crippen LogP contribution in [-0.4, -0.2) is 20.4 Å². The van der Waals surface area contributed by atoms with Gasteiger partial charge in [0.05, 0.1) is 14.5 Å². The number of benzene rings is 1. The predicted molar refractivity (Wildman–Crippen MR) is 65.5 cm³/mol. The fourth-order valence-electron chi connectivity index (χ4n) is 1.08. The summed E-state index contributed by atoms with van der Waals surface area (Å²) in [5.74, 6) is 0.903. The van der Waals surface area contributed by atoms with E-state index >= 15 is 0 Å². The lowest BCUT2D eigenvalue weighted by atomic mass is 10.2. The molecule has 0 spiro atoms. The Kier molecular flexibility index (Phi) is 3.37. The largest absolute Gasteiger partial charge is 0.203 e. The van der Waals surface area contributed by atoms with Gasteiger partial charge in [0.2, 0.25) is 5.82 Å². The van der Waals surface area contributed by atoms with Crippen molar-refractivity contribution >= 4 is 39.1 Å². The summed E-state index contributed by atoms with van der Waals surface area (Å²) >= 11 is 15.2. The molecule has 0 unspecified atom stereocenters. The highest BCUT2D eigenvalue weighted by Crippen LogP contribution is 2.34. The lowest BCUT2D eigenvalue weighted by Crippen LogP contribution is -1.98. The summed E-state index contributed by atoms with van der Waals surface area (Å²) in [5, 5.41) is 16.4. The first-order valence-electron chi connectivity index (χ1n) is 4.27. The van der Waals surface area contributed by atoms with E-state index in [0.29, 0.717) is 31.7 Å². The summed E-state index contributed by atoms with van der Waals surface area (Å²) in [4.78, 5) is 0. The lowest BCUT2D eigenvalue weighted by molar-refractivity contribution is 0.816. The Bertz CT molecular complexity index is 507. The van der Waals surface area contributed by atoms with E-state index in [-0.39, 0.29) is 0 Å². The molecule has 1 heterocycles. The van der Waals surface area contributed by atoms with Gasteiger partial charge in [-0.15, -0.1) is 20.4 Å². The van der Waals surface area contributed by atoms with Crippen molar-refractivity contribution in [3.63, 3.8) is 0 Å². The molecule has 0 bridgehead atoms. The normalized spacial score (nSPS) is 10.5. The quantitative estimate of drug-likeness (QED) is 0.757. The zero-order valence-corrected chi connectivity index (χ0v) is 11.2. The van der Waals surface area contributed by atoms with Crippen molar-refractivity contribution < 1.29 is 0 Å². The van der Waals surface area contributed by atoms with Crippen molar-refractivity contribution in [3.05, 3.63) is 32.5 Å². The third-order valence-corrected chi connectivity index (χ3v) is 3.73. The van der Waals surface area contributed by atoms with E-state index in [1.54, 1.807) is 19.1 Å². The van der Waals surface area contributed by atoms with Crippen LogP contribution in [0.1, 0.15) is 5.82 Å². The maximum Gasteiger partial charge on any atom is 0.203 e. The van der Waals surface area contributed by atoms with Gasteiger partial charge in [0.25, 0.3) is 0 Å². The zero-order valence-electron chi connectivity index (χ0n) is 8.08. The predicted octanol–water partition coefficient (Wildman–Crippen LogP) is 3.31. The third-order valence-electron chi connectivity index (χ3n) is 1.82. The summed E-state index contributed by atoms with van der Waals surface area (Å²) in [6, 6.07) is 3.40. The Labute approximate surface area is 110 Å². The molecule has 16 heavy (non-hydrogen) atoms. The Morgan fingerprint density at radius 1 is 1.00 bits per heavy atom. The van der Waals surface area contributed by atoms with E-state index in [9.17, 15) is 0 Å². The number of hydrogen-bond donors (Lipinski definition) is 0. The first-order valence-corrected chi connectivity index (χ1v) is 5.82. The van der Waals surface area contributed by atoms with E-state index in [2.05, 4.69) is 36.3 Å². The highest BCUT2D eigenvalue weighted by molar-refractivity contribution is 9.10. The first kappa shape index (κ1) is 11.7. The molecule has 0 aliphatic carbocycles. The van der Waals surface area contributed by atoms with E-state index in [0.717, 1.165) is 0 Å². The van der Waals surface area contributed by atoms with Crippen LogP contribution in [0.5, 0.6) is 0 Å². The molecule has 0 fully saturated rings. The van der Waals surface area contributed by atoms with Gasteiger partial charge in [-0.05, 0) is 35.0 Å². The maximum atomic E-state index is 5.97. The summed E-state index contributed by atoms with van der Waals surface area (Å²) in [6.45, 7) is 1.71. The molecule has 7 heteroatoms.